The predicted octanol–water partition coefficient (Wildman–Crippen LogP) is 5.92. The maximum atomic E-state index is 4.72. The first-order valence-electron chi connectivity index (χ1n) is 8.07. The van der Waals surface area contributed by atoms with Gasteiger partial charge in [0.15, 0.2) is 0 Å². The molecule has 0 radical (unpaired) electrons. The molecule has 2 nitrogen and oxygen atoms in total. The molecule has 0 saturated heterocycles. The first-order chi connectivity index (χ1) is 11.9. The molecule has 1 aliphatic heterocycles. The van der Waals surface area contributed by atoms with Crippen LogP contribution in [0.3, 0.4) is 0 Å². The highest BCUT2D eigenvalue weighted by Crippen LogP contribution is 2.43. The molecule has 0 aromatic heterocycles. The lowest BCUT2D eigenvalue weighted by atomic mass is 10.0. The third kappa shape index (κ3) is 2.52. The zero-order chi connectivity index (χ0) is 16.4. The van der Waals surface area contributed by atoms with Gasteiger partial charge in [0.25, 0.3) is 0 Å². The highest BCUT2D eigenvalue weighted by atomic mass is 15.2. The second-order valence-corrected chi connectivity index (χ2v) is 5.79. The Balaban J connectivity index is 1.89. The molecule has 0 bridgehead atoms. The summed E-state index contributed by atoms with van der Waals surface area (Å²) in [5.41, 5.74) is 5.55. The number of aliphatic imine (C=N–C) groups is 1. The Morgan fingerprint density at radius 2 is 1.58 bits per heavy atom. The van der Waals surface area contributed by atoms with Gasteiger partial charge in [0, 0.05) is 11.9 Å². The van der Waals surface area contributed by atoms with Gasteiger partial charge in [-0.3, -0.25) is 4.99 Å². The van der Waals surface area contributed by atoms with E-state index in [9.17, 15) is 0 Å². The second-order valence-electron chi connectivity index (χ2n) is 5.79. The molecule has 0 amide bonds. The second kappa shape index (κ2) is 6.17. The predicted molar refractivity (Wildman–Crippen MR) is 102 cm³/mol. The summed E-state index contributed by atoms with van der Waals surface area (Å²) in [6.45, 7) is 3.85. The van der Waals surface area contributed by atoms with Crippen molar-refractivity contribution in [3.63, 3.8) is 0 Å². The van der Waals surface area contributed by atoms with Crippen LogP contribution >= 0.6 is 0 Å². The van der Waals surface area contributed by atoms with Gasteiger partial charge < -0.3 is 4.90 Å². The Morgan fingerprint density at radius 3 is 2.29 bits per heavy atom. The minimum atomic E-state index is 0.0793. The van der Waals surface area contributed by atoms with E-state index in [2.05, 4.69) is 78.2 Å². The Hall–Kier alpha value is -3.13. The van der Waals surface area contributed by atoms with Crippen molar-refractivity contribution in [1.29, 1.82) is 0 Å². The van der Waals surface area contributed by atoms with Crippen molar-refractivity contribution in [3.8, 4) is 0 Å². The number of nitrogens with zero attached hydrogens (tertiary/aromatic N) is 2. The molecule has 0 N–H and O–H groups in total. The molecule has 3 aromatic rings. The molecular weight excluding hydrogens is 292 g/mol. The number of para-hydroxylation sites is 1. The quantitative estimate of drug-likeness (QED) is 0.586. The highest BCUT2D eigenvalue weighted by Gasteiger charge is 2.26. The Morgan fingerprint density at radius 1 is 0.875 bits per heavy atom. The first kappa shape index (κ1) is 14.5. The van der Waals surface area contributed by atoms with Gasteiger partial charge in [-0.05, 0) is 35.4 Å². The molecular formula is C22H18N2. The van der Waals surface area contributed by atoms with Gasteiger partial charge >= 0.3 is 0 Å². The van der Waals surface area contributed by atoms with Crippen molar-refractivity contribution in [2.75, 3.05) is 4.90 Å². The molecule has 1 aliphatic rings. The van der Waals surface area contributed by atoms with Gasteiger partial charge in [0.1, 0.15) is 0 Å². The highest BCUT2D eigenvalue weighted by molar-refractivity contribution is 5.90. The fraction of sp³-hybridized carbons (Fsp3) is 0.0455. The summed E-state index contributed by atoms with van der Waals surface area (Å²) < 4.78 is 0. The van der Waals surface area contributed by atoms with Crippen LogP contribution in [0.2, 0.25) is 0 Å². The maximum Gasteiger partial charge on any atom is 0.0947 e. The molecule has 3 aromatic carbocycles. The van der Waals surface area contributed by atoms with Crippen LogP contribution in [-0.4, -0.2) is 6.21 Å². The lowest BCUT2D eigenvalue weighted by Gasteiger charge is -2.35. The van der Waals surface area contributed by atoms with Crippen molar-refractivity contribution in [2.45, 2.75) is 6.04 Å². The van der Waals surface area contributed by atoms with Crippen LogP contribution in [0.5, 0.6) is 0 Å². The van der Waals surface area contributed by atoms with E-state index in [1.807, 2.05) is 24.4 Å². The minimum absolute atomic E-state index is 0.0793. The van der Waals surface area contributed by atoms with E-state index in [4.69, 9.17) is 4.99 Å². The summed E-state index contributed by atoms with van der Waals surface area (Å²) in [5, 5.41) is 0. The number of hydrogen-bond acceptors (Lipinski definition) is 2. The molecule has 0 saturated carbocycles. The summed E-state index contributed by atoms with van der Waals surface area (Å²) in [6.07, 6.45) is 3.88. The molecule has 1 heterocycles. The lowest BCUT2D eigenvalue weighted by Crippen LogP contribution is -2.27. The van der Waals surface area contributed by atoms with Crippen LogP contribution in [-0.2, 0) is 0 Å². The van der Waals surface area contributed by atoms with Gasteiger partial charge in [-0.1, -0.05) is 67.3 Å². The standard InChI is InChI=1S/C22H18N2/c1-2-17-13-14-21-20(15-17)23-16-22(18-9-5-3-6-10-18)24(21)19-11-7-4-8-12-19/h2-16,22H,1H2. The number of benzene rings is 3. The molecule has 1 atom stereocenters. The Bertz CT molecular complexity index is 882. The van der Waals surface area contributed by atoms with E-state index in [0.29, 0.717) is 0 Å². The van der Waals surface area contributed by atoms with E-state index in [1.54, 1.807) is 0 Å². The molecule has 24 heavy (non-hydrogen) atoms. The minimum Gasteiger partial charge on any atom is -0.327 e. The van der Waals surface area contributed by atoms with Crippen LogP contribution in [0.15, 0.2) is 90.4 Å². The van der Waals surface area contributed by atoms with E-state index >= 15 is 0 Å². The Kier molecular flexibility index (Phi) is 3.72. The van der Waals surface area contributed by atoms with Crippen LogP contribution in [0.4, 0.5) is 17.1 Å². The fourth-order valence-corrected chi connectivity index (χ4v) is 3.12. The molecule has 4 rings (SSSR count). The normalized spacial score (nSPS) is 15.8. The summed E-state index contributed by atoms with van der Waals surface area (Å²) in [5.74, 6) is 0. The average molecular weight is 310 g/mol. The van der Waals surface area contributed by atoms with Gasteiger partial charge in [-0.2, -0.15) is 0 Å². The zero-order valence-corrected chi connectivity index (χ0v) is 13.3. The summed E-state index contributed by atoms with van der Waals surface area (Å²) >= 11 is 0. The summed E-state index contributed by atoms with van der Waals surface area (Å²) in [6, 6.07) is 27.3. The molecule has 116 valence electrons. The van der Waals surface area contributed by atoms with E-state index < -0.39 is 0 Å². The largest absolute Gasteiger partial charge is 0.327 e. The SMILES string of the molecule is C=Cc1ccc2c(c1)N=CC(c1ccccc1)N2c1ccccc1. The zero-order valence-electron chi connectivity index (χ0n) is 13.3. The molecule has 0 aliphatic carbocycles. The number of hydrogen-bond donors (Lipinski definition) is 0. The van der Waals surface area contributed by atoms with Gasteiger partial charge in [-0.25, -0.2) is 0 Å². The summed E-state index contributed by atoms with van der Waals surface area (Å²) in [4.78, 5) is 7.06. The van der Waals surface area contributed by atoms with Crippen molar-refractivity contribution in [1.82, 2.24) is 0 Å². The molecule has 0 spiro atoms. The molecule has 0 fully saturated rings. The summed E-state index contributed by atoms with van der Waals surface area (Å²) in [7, 11) is 0. The monoisotopic (exact) mass is 310 g/mol. The maximum absolute atomic E-state index is 4.72. The van der Waals surface area contributed by atoms with Crippen LogP contribution in [0.1, 0.15) is 17.2 Å². The number of rotatable bonds is 3. The molecule has 2 heteroatoms. The van der Waals surface area contributed by atoms with Crippen molar-refractivity contribution >= 4 is 29.4 Å². The topological polar surface area (TPSA) is 15.6 Å². The van der Waals surface area contributed by atoms with Gasteiger partial charge in [0.05, 0.1) is 17.4 Å². The van der Waals surface area contributed by atoms with Crippen molar-refractivity contribution < 1.29 is 0 Å². The smallest absolute Gasteiger partial charge is 0.0947 e. The fourth-order valence-electron chi connectivity index (χ4n) is 3.12. The average Bonchev–Trinajstić information content (AvgIpc) is 2.68. The number of fused-ring (bicyclic) bond motifs is 1. The third-order valence-corrected chi connectivity index (χ3v) is 4.30. The van der Waals surface area contributed by atoms with E-state index in [-0.39, 0.29) is 6.04 Å². The van der Waals surface area contributed by atoms with Crippen LogP contribution < -0.4 is 4.90 Å². The van der Waals surface area contributed by atoms with Crippen LogP contribution in [0, 0.1) is 0 Å². The van der Waals surface area contributed by atoms with Crippen molar-refractivity contribution in [3.05, 3.63) is 96.6 Å². The van der Waals surface area contributed by atoms with Crippen molar-refractivity contribution in [2.24, 2.45) is 4.99 Å². The number of anilines is 2. The lowest BCUT2D eigenvalue weighted by molar-refractivity contribution is 0.895. The van der Waals surface area contributed by atoms with Crippen LogP contribution in [0.25, 0.3) is 6.08 Å². The van der Waals surface area contributed by atoms with Gasteiger partial charge in [0.2, 0.25) is 0 Å². The first-order valence-corrected chi connectivity index (χ1v) is 8.07. The van der Waals surface area contributed by atoms with E-state index in [0.717, 1.165) is 22.6 Å². The third-order valence-electron chi connectivity index (χ3n) is 4.30. The van der Waals surface area contributed by atoms with E-state index in [1.165, 1.54) is 5.56 Å². The molecule has 1 unspecified atom stereocenters. The Labute approximate surface area is 142 Å². The van der Waals surface area contributed by atoms with Gasteiger partial charge in [-0.15, -0.1) is 0 Å².